The van der Waals surface area contributed by atoms with E-state index in [-0.39, 0.29) is 17.9 Å². The van der Waals surface area contributed by atoms with Crippen LogP contribution in [-0.4, -0.2) is 28.0 Å². The number of aliphatic carboxylic acids is 1. The largest absolute Gasteiger partial charge is 0.481 e. The number of aromatic nitrogens is 1. The van der Waals surface area contributed by atoms with Gasteiger partial charge in [-0.25, -0.2) is 0 Å². The van der Waals surface area contributed by atoms with Gasteiger partial charge in [0.25, 0.3) is 5.91 Å². The van der Waals surface area contributed by atoms with Gasteiger partial charge in [-0.05, 0) is 41.8 Å². The Bertz CT molecular complexity index is 1040. The van der Waals surface area contributed by atoms with Gasteiger partial charge in [0.15, 0.2) is 0 Å². The summed E-state index contributed by atoms with van der Waals surface area (Å²) in [6.07, 6.45) is 0.621. The van der Waals surface area contributed by atoms with Crippen molar-refractivity contribution < 1.29 is 14.7 Å². The van der Waals surface area contributed by atoms with Crippen LogP contribution in [0, 0.1) is 5.92 Å². The lowest BCUT2D eigenvalue weighted by Crippen LogP contribution is -2.41. The molecule has 27 heavy (non-hydrogen) atoms. The lowest BCUT2D eigenvalue weighted by atomic mass is 9.86. The molecule has 1 heterocycles. The maximum absolute atomic E-state index is 12.8. The smallest absolute Gasteiger partial charge is 0.306 e. The fourth-order valence-corrected chi connectivity index (χ4v) is 4.19. The van der Waals surface area contributed by atoms with Gasteiger partial charge in [0.05, 0.1) is 5.92 Å². The molecule has 2 aromatic carbocycles. The first-order valence-electron chi connectivity index (χ1n) is 8.84. The van der Waals surface area contributed by atoms with E-state index >= 15 is 0 Å². The van der Waals surface area contributed by atoms with Gasteiger partial charge in [-0.1, -0.05) is 42.8 Å². The number of fused-ring (bicyclic) bond motifs is 2. The summed E-state index contributed by atoms with van der Waals surface area (Å²) in [6.45, 7) is 1.69. The maximum Gasteiger partial charge on any atom is 0.306 e. The Morgan fingerprint density at radius 3 is 2.78 bits per heavy atom. The fourth-order valence-electron chi connectivity index (χ4n) is 4.01. The summed E-state index contributed by atoms with van der Waals surface area (Å²) in [5.74, 6) is -1.97. The van der Waals surface area contributed by atoms with Crippen LogP contribution in [-0.2, 0) is 11.2 Å². The van der Waals surface area contributed by atoms with Crippen molar-refractivity contribution in [2.24, 2.45) is 5.92 Å². The number of carboxylic acids is 1. The Morgan fingerprint density at radius 2 is 2.00 bits per heavy atom. The van der Waals surface area contributed by atoms with E-state index in [1.165, 1.54) is 0 Å². The van der Waals surface area contributed by atoms with Crippen LogP contribution in [0.2, 0.25) is 5.02 Å². The number of halogens is 1. The monoisotopic (exact) mass is 382 g/mol. The standard InChI is InChI=1S/C21H19ClN2O3/c1-11(21(26)27)19-15-5-3-2-4-12(15)9-17(19)24-20(25)18-10-13-8-14(22)6-7-16(13)23-18/h2-8,10-11,17,19,23H,9H2,1H3,(H,24,25)(H,26,27)/t11-,17-,19-/m1/s1. The number of hydrogen-bond donors (Lipinski definition) is 3. The summed E-state index contributed by atoms with van der Waals surface area (Å²) in [6, 6.07) is 14.7. The van der Waals surface area contributed by atoms with E-state index < -0.39 is 11.9 Å². The second-order valence-electron chi connectivity index (χ2n) is 7.05. The van der Waals surface area contributed by atoms with E-state index in [9.17, 15) is 14.7 Å². The number of carbonyl (C=O) groups excluding carboxylic acids is 1. The van der Waals surface area contributed by atoms with Crippen molar-refractivity contribution >= 4 is 34.4 Å². The lowest BCUT2D eigenvalue weighted by Gasteiger charge is -2.25. The van der Waals surface area contributed by atoms with Gasteiger partial charge in [-0.15, -0.1) is 0 Å². The molecule has 6 heteroatoms. The van der Waals surface area contributed by atoms with Gasteiger partial charge in [0.2, 0.25) is 0 Å². The summed E-state index contributed by atoms with van der Waals surface area (Å²) in [5, 5.41) is 14.0. The first-order valence-corrected chi connectivity index (χ1v) is 9.21. The van der Waals surface area contributed by atoms with E-state index in [1.54, 1.807) is 25.1 Å². The Labute approximate surface area is 161 Å². The second-order valence-corrected chi connectivity index (χ2v) is 7.49. The van der Waals surface area contributed by atoms with E-state index in [2.05, 4.69) is 10.3 Å². The van der Waals surface area contributed by atoms with Gasteiger partial charge in [0.1, 0.15) is 5.69 Å². The highest BCUT2D eigenvalue weighted by Crippen LogP contribution is 2.38. The molecular formula is C21H19ClN2O3. The van der Waals surface area contributed by atoms with Crippen molar-refractivity contribution in [1.29, 1.82) is 0 Å². The average Bonchev–Trinajstić information content (AvgIpc) is 3.21. The summed E-state index contributed by atoms with van der Waals surface area (Å²) in [7, 11) is 0. The molecule has 3 atom stereocenters. The van der Waals surface area contributed by atoms with Crippen molar-refractivity contribution in [3.8, 4) is 0 Å². The molecular weight excluding hydrogens is 364 g/mol. The third kappa shape index (κ3) is 3.19. The van der Waals surface area contributed by atoms with Gasteiger partial charge >= 0.3 is 5.97 Å². The van der Waals surface area contributed by atoms with Crippen LogP contribution in [0.25, 0.3) is 10.9 Å². The predicted molar refractivity (Wildman–Crippen MR) is 104 cm³/mol. The molecule has 0 saturated heterocycles. The minimum absolute atomic E-state index is 0.247. The Morgan fingerprint density at radius 1 is 1.22 bits per heavy atom. The molecule has 3 N–H and O–H groups in total. The third-order valence-electron chi connectivity index (χ3n) is 5.36. The number of carbonyl (C=O) groups is 2. The number of hydrogen-bond acceptors (Lipinski definition) is 2. The molecule has 1 aliphatic rings. The minimum atomic E-state index is -0.865. The van der Waals surface area contributed by atoms with Gasteiger partial charge in [-0.2, -0.15) is 0 Å². The van der Waals surface area contributed by atoms with Crippen LogP contribution in [0.15, 0.2) is 48.5 Å². The second kappa shape index (κ2) is 6.74. The highest BCUT2D eigenvalue weighted by atomic mass is 35.5. The minimum Gasteiger partial charge on any atom is -0.481 e. The quantitative estimate of drug-likeness (QED) is 0.638. The molecule has 0 saturated carbocycles. The molecule has 1 amide bonds. The van der Waals surface area contributed by atoms with E-state index in [4.69, 9.17) is 11.6 Å². The normalized spacial score (nSPS) is 19.6. The van der Waals surface area contributed by atoms with Crippen molar-refractivity contribution in [2.45, 2.75) is 25.3 Å². The molecule has 1 aliphatic carbocycles. The number of amides is 1. The summed E-state index contributed by atoms with van der Waals surface area (Å²) in [5.41, 5.74) is 3.35. The Balaban J connectivity index is 1.62. The topological polar surface area (TPSA) is 82.2 Å². The van der Waals surface area contributed by atoms with Crippen LogP contribution >= 0.6 is 11.6 Å². The summed E-state index contributed by atoms with van der Waals surface area (Å²) in [4.78, 5) is 27.5. The average molecular weight is 383 g/mol. The molecule has 0 unspecified atom stereocenters. The molecule has 0 radical (unpaired) electrons. The highest BCUT2D eigenvalue weighted by Gasteiger charge is 2.39. The molecule has 0 aliphatic heterocycles. The molecule has 0 fully saturated rings. The van der Waals surface area contributed by atoms with Crippen molar-refractivity contribution in [3.63, 3.8) is 0 Å². The van der Waals surface area contributed by atoms with Crippen LogP contribution in [0.5, 0.6) is 0 Å². The van der Waals surface area contributed by atoms with Gasteiger partial charge < -0.3 is 15.4 Å². The zero-order valence-corrected chi connectivity index (χ0v) is 15.5. The Hall–Kier alpha value is -2.79. The first kappa shape index (κ1) is 17.6. The Kier molecular flexibility index (Phi) is 4.40. The molecule has 3 aromatic rings. The molecule has 0 bridgehead atoms. The van der Waals surface area contributed by atoms with E-state index in [0.717, 1.165) is 22.0 Å². The van der Waals surface area contributed by atoms with E-state index in [0.29, 0.717) is 17.1 Å². The zero-order valence-electron chi connectivity index (χ0n) is 14.7. The number of rotatable bonds is 4. The molecule has 4 rings (SSSR count). The van der Waals surface area contributed by atoms with Gasteiger partial charge in [-0.3, -0.25) is 9.59 Å². The zero-order chi connectivity index (χ0) is 19.1. The molecule has 5 nitrogen and oxygen atoms in total. The summed E-state index contributed by atoms with van der Waals surface area (Å²) < 4.78 is 0. The van der Waals surface area contributed by atoms with Crippen molar-refractivity contribution in [3.05, 3.63) is 70.4 Å². The molecule has 138 valence electrons. The van der Waals surface area contributed by atoms with Crippen LogP contribution in [0.4, 0.5) is 0 Å². The lowest BCUT2D eigenvalue weighted by molar-refractivity contribution is -0.142. The number of H-pyrrole nitrogens is 1. The van der Waals surface area contributed by atoms with Gasteiger partial charge in [0, 0.05) is 27.9 Å². The van der Waals surface area contributed by atoms with Crippen molar-refractivity contribution in [2.75, 3.05) is 0 Å². The SMILES string of the molecule is C[C@@H](C(=O)O)[C@@H]1c2ccccc2C[C@H]1NC(=O)c1cc2cc(Cl)ccc2[nH]1. The first-order chi connectivity index (χ1) is 12.9. The van der Waals surface area contributed by atoms with Crippen LogP contribution in [0.3, 0.4) is 0 Å². The fraction of sp³-hybridized carbons (Fsp3) is 0.238. The molecule has 1 aromatic heterocycles. The third-order valence-corrected chi connectivity index (χ3v) is 5.59. The maximum atomic E-state index is 12.8. The number of carboxylic acid groups (broad SMARTS) is 1. The van der Waals surface area contributed by atoms with Crippen molar-refractivity contribution in [1.82, 2.24) is 10.3 Å². The predicted octanol–water partition coefficient (Wildman–Crippen LogP) is 3.98. The number of nitrogens with one attached hydrogen (secondary N) is 2. The highest BCUT2D eigenvalue weighted by molar-refractivity contribution is 6.31. The molecule has 0 spiro atoms. The van der Waals surface area contributed by atoms with E-state index in [1.807, 2.05) is 30.3 Å². The number of aromatic amines is 1. The summed E-state index contributed by atoms with van der Waals surface area (Å²) >= 11 is 6.01. The number of benzene rings is 2. The van der Waals surface area contributed by atoms with Crippen LogP contribution < -0.4 is 5.32 Å². The van der Waals surface area contributed by atoms with Crippen LogP contribution in [0.1, 0.15) is 34.5 Å².